The maximum absolute atomic E-state index is 12.5. The second kappa shape index (κ2) is 7.55. The third kappa shape index (κ3) is 3.80. The molecular weight excluding hydrogens is 406 g/mol. The molecule has 132 valence electrons. The molecule has 1 amide bonds. The maximum atomic E-state index is 12.5. The van der Waals surface area contributed by atoms with E-state index in [4.69, 9.17) is 4.52 Å². The van der Waals surface area contributed by atoms with E-state index < -0.39 is 0 Å². The first kappa shape index (κ1) is 17.2. The fourth-order valence-electron chi connectivity index (χ4n) is 2.62. The summed E-state index contributed by atoms with van der Waals surface area (Å²) in [7, 11) is 0. The first-order valence-electron chi connectivity index (χ1n) is 8.26. The molecule has 0 radical (unpaired) electrons. The van der Waals surface area contributed by atoms with Gasteiger partial charge in [-0.05, 0) is 46.3 Å². The molecule has 3 aromatic carbocycles. The van der Waals surface area contributed by atoms with Gasteiger partial charge >= 0.3 is 0 Å². The number of aromatic nitrogens is 2. The first-order chi connectivity index (χ1) is 13.2. The summed E-state index contributed by atoms with van der Waals surface area (Å²) < 4.78 is 6.13. The highest BCUT2D eigenvalue weighted by Crippen LogP contribution is 2.25. The Bertz CT molecular complexity index is 1090. The van der Waals surface area contributed by atoms with Gasteiger partial charge in [-0.3, -0.25) is 4.79 Å². The van der Waals surface area contributed by atoms with Crippen LogP contribution in [-0.4, -0.2) is 16.0 Å². The van der Waals surface area contributed by atoms with Crippen molar-refractivity contribution in [2.24, 2.45) is 0 Å². The maximum Gasteiger partial charge on any atom is 0.258 e. The van der Waals surface area contributed by atoms with E-state index in [1.807, 2.05) is 66.7 Å². The Morgan fingerprint density at radius 1 is 0.889 bits per heavy atom. The SMILES string of the molecule is O=C(Nc1cccc(-c2nc(-c3ccccc3)no2)c1)c1ccccc1Br. The lowest BCUT2D eigenvalue weighted by molar-refractivity contribution is 0.102. The highest BCUT2D eigenvalue weighted by Gasteiger charge is 2.13. The molecule has 1 aromatic heterocycles. The lowest BCUT2D eigenvalue weighted by Gasteiger charge is -2.07. The predicted octanol–water partition coefficient (Wildman–Crippen LogP) is 5.42. The summed E-state index contributed by atoms with van der Waals surface area (Å²) in [6.45, 7) is 0. The number of carbonyl (C=O) groups excluding carboxylic acids is 1. The minimum atomic E-state index is -0.199. The van der Waals surface area contributed by atoms with Crippen LogP contribution in [0.5, 0.6) is 0 Å². The standard InChI is InChI=1S/C21H14BrN3O2/c22-18-12-5-4-11-17(18)20(26)23-16-10-6-9-15(13-16)21-24-19(25-27-21)14-7-2-1-3-8-14/h1-13H,(H,23,26). The molecule has 0 unspecified atom stereocenters. The highest BCUT2D eigenvalue weighted by molar-refractivity contribution is 9.10. The van der Waals surface area contributed by atoms with Crippen molar-refractivity contribution in [2.45, 2.75) is 0 Å². The molecule has 5 nitrogen and oxygen atoms in total. The predicted molar refractivity (Wildman–Crippen MR) is 107 cm³/mol. The Balaban J connectivity index is 1.57. The summed E-state index contributed by atoms with van der Waals surface area (Å²) in [4.78, 5) is 16.9. The summed E-state index contributed by atoms with van der Waals surface area (Å²) >= 11 is 3.39. The lowest BCUT2D eigenvalue weighted by Crippen LogP contribution is -2.12. The molecule has 0 saturated carbocycles. The molecule has 27 heavy (non-hydrogen) atoms. The van der Waals surface area contributed by atoms with Crippen molar-refractivity contribution in [1.82, 2.24) is 10.1 Å². The van der Waals surface area contributed by atoms with Crippen molar-refractivity contribution in [2.75, 3.05) is 5.32 Å². The smallest absolute Gasteiger partial charge is 0.258 e. The molecule has 0 atom stereocenters. The van der Waals surface area contributed by atoms with E-state index in [1.54, 1.807) is 12.1 Å². The Kier molecular flexibility index (Phi) is 4.80. The highest BCUT2D eigenvalue weighted by atomic mass is 79.9. The molecule has 0 fully saturated rings. The second-order valence-corrected chi connectivity index (χ2v) is 6.66. The Morgan fingerprint density at radius 2 is 1.63 bits per heavy atom. The van der Waals surface area contributed by atoms with Gasteiger partial charge in [0.2, 0.25) is 5.82 Å². The van der Waals surface area contributed by atoms with Crippen LogP contribution in [-0.2, 0) is 0 Å². The number of nitrogens with one attached hydrogen (secondary N) is 1. The van der Waals surface area contributed by atoms with Gasteiger partial charge in [-0.25, -0.2) is 0 Å². The van der Waals surface area contributed by atoms with Gasteiger partial charge in [-0.1, -0.05) is 53.7 Å². The van der Waals surface area contributed by atoms with E-state index in [1.165, 1.54) is 0 Å². The fourth-order valence-corrected chi connectivity index (χ4v) is 3.08. The number of benzene rings is 3. The van der Waals surface area contributed by atoms with E-state index in [-0.39, 0.29) is 5.91 Å². The van der Waals surface area contributed by atoms with Crippen molar-refractivity contribution in [3.8, 4) is 22.8 Å². The molecule has 0 saturated heterocycles. The third-order valence-electron chi connectivity index (χ3n) is 3.94. The van der Waals surface area contributed by atoms with Gasteiger partial charge in [-0.15, -0.1) is 0 Å². The number of hydrogen-bond donors (Lipinski definition) is 1. The van der Waals surface area contributed by atoms with Crippen molar-refractivity contribution < 1.29 is 9.32 Å². The first-order valence-corrected chi connectivity index (χ1v) is 9.05. The van der Waals surface area contributed by atoms with Crippen LogP contribution in [0.1, 0.15) is 10.4 Å². The van der Waals surface area contributed by atoms with Crippen molar-refractivity contribution in [3.63, 3.8) is 0 Å². The summed E-state index contributed by atoms with van der Waals surface area (Å²) in [6.07, 6.45) is 0. The average molecular weight is 420 g/mol. The van der Waals surface area contributed by atoms with Crippen LogP contribution in [0.2, 0.25) is 0 Å². The molecule has 0 spiro atoms. The Hall–Kier alpha value is -3.25. The fraction of sp³-hybridized carbons (Fsp3) is 0. The van der Waals surface area contributed by atoms with Crippen molar-refractivity contribution >= 4 is 27.5 Å². The molecule has 4 rings (SSSR count). The van der Waals surface area contributed by atoms with E-state index in [9.17, 15) is 4.79 Å². The van der Waals surface area contributed by atoms with Crippen LogP contribution in [0.3, 0.4) is 0 Å². The summed E-state index contributed by atoms with van der Waals surface area (Å²) in [5, 5.41) is 6.92. The Morgan fingerprint density at radius 3 is 2.44 bits per heavy atom. The minimum absolute atomic E-state index is 0.199. The molecule has 0 bridgehead atoms. The normalized spacial score (nSPS) is 10.6. The zero-order valence-corrected chi connectivity index (χ0v) is 15.7. The number of amides is 1. The van der Waals surface area contributed by atoms with Crippen LogP contribution < -0.4 is 5.32 Å². The molecule has 0 aliphatic rings. The largest absolute Gasteiger partial charge is 0.334 e. The zero-order chi connectivity index (χ0) is 18.6. The number of anilines is 1. The van der Waals surface area contributed by atoms with Gasteiger partial charge in [0.05, 0.1) is 5.56 Å². The van der Waals surface area contributed by atoms with Crippen LogP contribution in [0, 0.1) is 0 Å². The zero-order valence-electron chi connectivity index (χ0n) is 14.1. The van der Waals surface area contributed by atoms with Crippen LogP contribution >= 0.6 is 15.9 Å². The second-order valence-electron chi connectivity index (χ2n) is 5.80. The van der Waals surface area contributed by atoms with E-state index >= 15 is 0 Å². The van der Waals surface area contributed by atoms with Crippen molar-refractivity contribution in [1.29, 1.82) is 0 Å². The van der Waals surface area contributed by atoms with E-state index in [2.05, 4.69) is 31.4 Å². The molecule has 4 aromatic rings. The quantitative estimate of drug-likeness (QED) is 0.479. The molecule has 0 aliphatic heterocycles. The number of hydrogen-bond acceptors (Lipinski definition) is 4. The van der Waals surface area contributed by atoms with E-state index in [0.29, 0.717) is 23.0 Å². The summed E-state index contributed by atoms with van der Waals surface area (Å²) in [6, 6.07) is 24.2. The number of halogens is 1. The summed E-state index contributed by atoms with van der Waals surface area (Å²) in [5.74, 6) is 0.717. The van der Waals surface area contributed by atoms with E-state index in [0.717, 1.165) is 15.6 Å². The molecule has 0 aliphatic carbocycles. The monoisotopic (exact) mass is 419 g/mol. The lowest BCUT2D eigenvalue weighted by atomic mass is 10.1. The number of nitrogens with zero attached hydrogens (tertiary/aromatic N) is 2. The molecule has 1 N–H and O–H groups in total. The minimum Gasteiger partial charge on any atom is -0.334 e. The van der Waals surface area contributed by atoms with Gasteiger partial charge in [0.1, 0.15) is 0 Å². The summed E-state index contributed by atoms with van der Waals surface area (Å²) in [5.41, 5.74) is 2.82. The van der Waals surface area contributed by atoms with Crippen LogP contribution in [0.4, 0.5) is 5.69 Å². The van der Waals surface area contributed by atoms with Crippen LogP contribution in [0.15, 0.2) is 87.9 Å². The molecule has 6 heteroatoms. The number of rotatable bonds is 4. The van der Waals surface area contributed by atoms with Crippen LogP contribution in [0.25, 0.3) is 22.8 Å². The van der Waals surface area contributed by atoms with Gasteiger partial charge in [-0.2, -0.15) is 4.98 Å². The van der Waals surface area contributed by atoms with Gasteiger partial charge < -0.3 is 9.84 Å². The molecular formula is C21H14BrN3O2. The Labute approximate surface area is 164 Å². The van der Waals surface area contributed by atoms with Crippen molar-refractivity contribution in [3.05, 3.63) is 88.9 Å². The number of carbonyl (C=O) groups is 1. The third-order valence-corrected chi connectivity index (χ3v) is 4.64. The topological polar surface area (TPSA) is 68.0 Å². The average Bonchev–Trinajstić information content (AvgIpc) is 3.19. The van der Waals surface area contributed by atoms with Gasteiger partial charge in [0.15, 0.2) is 0 Å². The van der Waals surface area contributed by atoms with Gasteiger partial charge in [0.25, 0.3) is 11.8 Å². The van der Waals surface area contributed by atoms with Gasteiger partial charge in [0, 0.05) is 21.3 Å². The molecule has 1 heterocycles.